The summed E-state index contributed by atoms with van der Waals surface area (Å²) in [6.45, 7) is 2.91. The van der Waals surface area contributed by atoms with Crippen molar-refractivity contribution in [3.63, 3.8) is 0 Å². The van der Waals surface area contributed by atoms with Crippen LogP contribution in [-0.4, -0.2) is 20.9 Å². The molecule has 0 amide bonds. The van der Waals surface area contributed by atoms with Gasteiger partial charge < -0.3 is 9.26 Å². The summed E-state index contributed by atoms with van der Waals surface area (Å²) in [6.07, 6.45) is -4.54. The van der Waals surface area contributed by atoms with Gasteiger partial charge in [-0.05, 0) is 32.0 Å². The first-order valence-electron chi connectivity index (χ1n) is 8.03. The molecule has 7 nitrogen and oxygen atoms in total. The number of alkyl halides is 3. The number of aromatic nitrogens is 3. The maximum atomic E-state index is 13.0. The van der Waals surface area contributed by atoms with E-state index in [1.165, 1.54) is 19.1 Å². The number of halogens is 3. The number of hydrogen-bond acceptors (Lipinski definition) is 6. The minimum atomic E-state index is -4.54. The fourth-order valence-corrected chi connectivity index (χ4v) is 2.46. The molecular formula is C18H14F3N3O4. The molecule has 0 spiro atoms. The highest BCUT2D eigenvalue weighted by Gasteiger charge is 2.30. The van der Waals surface area contributed by atoms with Crippen molar-refractivity contribution in [1.82, 2.24) is 14.9 Å². The molecule has 28 heavy (non-hydrogen) atoms. The molecule has 0 aliphatic rings. The average Bonchev–Trinajstić information content (AvgIpc) is 3.04. The van der Waals surface area contributed by atoms with Crippen LogP contribution in [-0.2, 0) is 17.5 Å². The third-order valence-electron chi connectivity index (χ3n) is 3.75. The molecule has 0 saturated carbocycles. The standard InChI is InChI=1S/C18H14F3N3O4/c1-10-6-15(25)16(17(26)27-9-13-7-11(2)28-23-13)22-24(10)14-5-3-4-12(8-14)18(19,20)21/h3-8H,9H2,1-2H3. The van der Waals surface area contributed by atoms with Gasteiger partial charge in [0.15, 0.2) is 0 Å². The van der Waals surface area contributed by atoms with Crippen LogP contribution in [0, 0.1) is 13.8 Å². The van der Waals surface area contributed by atoms with E-state index in [1.54, 1.807) is 13.0 Å². The zero-order chi connectivity index (χ0) is 20.5. The Morgan fingerprint density at radius 1 is 1.21 bits per heavy atom. The van der Waals surface area contributed by atoms with Crippen LogP contribution in [0.25, 0.3) is 5.69 Å². The van der Waals surface area contributed by atoms with Crippen LogP contribution >= 0.6 is 0 Å². The van der Waals surface area contributed by atoms with Gasteiger partial charge in [0.2, 0.25) is 11.1 Å². The lowest BCUT2D eigenvalue weighted by Crippen LogP contribution is -2.24. The van der Waals surface area contributed by atoms with Crippen LogP contribution in [0.1, 0.15) is 33.2 Å². The SMILES string of the molecule is Cc1cc(COC(=O)c2nn(-c3cccc(C(F)(F)F)c3)c(C)cc2=O)no1. The molecule has 3 aromatic rings. The van der Waals surface area contributed by atoms with E-state index in [0.29, 0.717) is 11.5 Å². The Labute approximate surface area is 156 Å². The molecule has 0 fully saturated rings. The summed E-state index contributed by atoms with van der Waals surface area (Å²) in [7, 11) is 0. The van der Waals surface area contributed by atoms with Crippen molar-refractivity contribution in [2.75, 3.05) is 0 Å². The second kappa shape index (κ2) is 7.29. The molecule has 0 bridgehead atoms. The average molecular weight is 393 g/mol. The molecule has 0 saturated heterocycles. The number of esters is 1. The highest BCUT2D eigenvalue weighted by Crippen LogP contribution is 2.30. The maximum Gasteiger partial charge on any atom is 0.416 e. The van der Waals surface area contributed by atoms with Gasteiger partial charge in [-0.25, -0.2) is 9.48 Å². The molecule has 0 radical (unpaired) electrons. The first kappa shape index (κ1) is 19.3. The van der Waals surface area contributed by atoms with Gasteiger partial charge in [-0.2, -0.15) is 18.3 Å². The van der Waals surface area contributed by atoms with E-state index in [4.69, 9.17) is 9.26 Å². The van der Waals surface area contributed by atoms with E-state index < -0.39 is 28.8 Å². The number of rotatable bonds is 4. The molecule has 0 aliphatic heterocycles. The monoisotopic (exact) mass is 393 g/mol. The molecule has 10 heteroatoms. The number of benzene rings is 1. The van der Waals surface area contributed by atoms with Crippen molar-refractivity contribution in [2.45, 2.75) is 26.6 Å². The highest BCUT2D eigenvalue weighted by atomic mass is 19.4. The second-order valence-corrected chi connectivity index (χ2v) is 5.96. The molecule has 0 unspecified atom stereocenters. The van der Waals surface area contributed by atoms with E-state index in [9.17, 15) is 22.8 Å². The Hall–Kier alpha value is -3.43. The van der Waals surface area contributed by atoms with Crippen molar-refractivity contribution in [3.05, 3.63) is 75.0 Å². The van der Waals surface area contributed by atoms with Gasteiger partial charge >= 0.3 is 12.1 Å². The molecule has 2 heterocycles. The van der Waals surface area contributed by atoms with Gasteiger partial charge in [-0.3, -0.25) is 4.79 Å². The second-order valence-electron chi connectivity index (χ2n) is 5.96. The summed E-state index contributed by atoms with van der Waals surface area (Å²) in [6, 6.07) is 7.03. The van der Waals surface area contributed by atoms with Crippen molar-refractivity contribution in [1.29, 1.82) is 0 Å². The van der Waals surface area contributed by atoms with Crippen molar-refractivity contribution >= 4 is 5.97 Å². The van der Waals surface area contributed by atoms with Crippen LogP contribution in [0.15, 0.2) is 45.7 Å². The largest absolute Gasteiger partial charge is 0.454 e. The molecule has 2 aromatic heterocycles. The number of ether oxygens (including phenoxy) is 1. The maximum absolute atomic E-state index is 13.0. The van der Waals surface area contributed by atoms with Gasteiger partial charge in [0.1, 0.15) is 18.1 Å². The zero-order valence-electron chi connectivity index (χ0n) is 14.8. The minimum absolute atomic E-state index is 0.0495. The van der Waals surface area contributed by atoms with Gasteiger partial charge in [0, 0.05) is 17.8 Å². The number of nitrogens with zero attached hydrogens (tertiary/aromatic N) is 3. The number of carbonyl (C=O) groups excluding carboxylic acids is 1. The Bertz CT molecular complexity index is 1090. The van der Waals surface area contributed by atoms with Crippen LogP contribution in [0.3, 0.4) is 0 Å². The number of aryl methyl sites for hydroxylation is 2. The lowest BCUT2D eigenvalue weighted by atomic mass is 10.2. The van der Waals surface area contributed by atoms with Crippen molar-refractivity contribution in [3.8, 4) is 5.69 Å². The van der Waals surface area contributed by atoms with Crippen LogP contribution in [0.5, 0.6) is 0 Å². The lowest BCUT2D eigenvalue weighted by Gasteiger charge is -2.13. The zero-order valence-corrected chi connectivity index (χ0v) is 14.8. The Morgan fingerprint density at radius 2 is 1.96 bits per heavy atom. The predicted octanol–water partition coefficient (Wildman–Crippen LogP) is 3.21. The lowest BCUT2D eigenvalue weighted by molar-refractivity contribution is -0.137. The summed E-state index contributed by atoms with van der Waals surface area (Å²) in [4.78, 5) is 24.3. The summed E-state index contributed by atoms with van der Waals surface area (Å²) in [5.41, 5.74) is -1.49. The van der Waals surface area contributed by atoms with Crippen LogP contribution in [0.2, 0.25) is 0 Å². The molecule has 1 aromatic carbocycles. The molecule has 0 aliphatic carbocycles. The van der Waals surface area contributed by atoms with Gasteiger partial charge in [-0.15, -0.1) is 0 Å². The van der Waals surface area contributed by atoms with E-state index in [1.807, 2.05) is 0 Å². The molecule has 0 atom stereocenters. The first-order valence-corrected chi connectivity index (χ1v) is 8.03. The summed E-state index contributed by atoms with van der Waals surface area (Å²) in [5.74, 6) is -0.502. The van der Waals surface area contributed by atoms with E-state index >= 15 is 0 Å². The van der Waals surface area contributed by atoms with Gasteiger partial charge in [0.05, 0.1) is 11.3 Å². The van der Waals surface area contributed by atoms with Crippen LogP contribution in [0.4, 0.5) is 13.2 Å². The van der Waals surface area contributed by atoms with Gasteiger partial charge in [0.25, 0.3) is 0 Å². The number of carbonyl (C=O) groups is 1. The van der Waals surface area contributed by atoms with E-state index in [2.05, 4.69) is 10.3 Å². The third kappa shape index (κ3) is 4.11. The smallest absolute Gasteiger partial charge is 0.416 e. The molecular weight excluding hydrogens is 379 g/mol. The molecule has 3 rings (SSSR count). The molecule has 0 N–H and O–H groups in total. The van der Waals surface area contributed by atoms with Crippen molar-refractivity contribution < 1.29 is 27.2 Å². The normalized spacial score (nSPS) is 11.5. The predicted molar refractivity (Wildman–Crippen MR) is 89.9 cm³/mol. The third-order valence-corrected chi connectivity index (χ3v) is 3.75. The Balaban J connectivity index is 1.92. The molecule has 146 valence electrons. The van der Waals surface area contributed by atoms with E-state index in [0.717, 1.165) is 22.9 Å². The quantitative estimate of drug-likeness (QED) is 0.633. The first-order chi connectivity index (χ1) is 13.1. The topological polar surface area (TPSA) is 87.2 Å². The summed E-state index contributed by atoms with van der Waals surface area (Å²) >= 11 is 0. The van der Waals surface area contributed by atoms with Crippen molar-refractivity contribution in [2.24, 2.45) is 0 Å². The fourth-order valence-electron chi connectivity index (χ4n) is 2.46. The summed E-state index contributed by atoms with van der Waals surface area (Å²) < 4.78 is 49.8. The Kier molecular flexibility index (Phi) is 5.04. The van der Waals surface area contributed by atoms with Gasteiger partial charge in [-0.1, -0.05) is 11.2 Å². The van der Waals surface area contributed by atoms with Crippen LogP contribution < -0.4 is 5.43 Å². The Morgan fingerprint density at radius 3 is 2.61 bits per heavy atom. The number of hydrogen-bond donors (Lipinski definition) is 0. The highest BCUT2D eigenvalue weighted by molar-refractivity contribution is 5.86. The summed E-state index contributed by atoms with van der Waals surface area (Å²) in [5, 5.41) is 7.55. The fraction of sp³-hybridized carbons (Fsp3) is 0.222. The minimum Gasteiger partial charge on any atom is -0.454 e. The van der Waals surface area contributed by atoms with E-state index in [-0.39, 0.29) is 18.0 Å².